The molecular weight excluding hydrogens is 204 g/mol. The molecule has 0 aromatic carbocycles. The Labute approximate surface area is 94.0 Å². The predicted octanol–water partition coefficient (Wildman–Crippen LogP) is 1.55. The Morgan fingerprint density at radius 1 is 0.750 bits per heavy atom. The molecule has 0 aliphatic carbocycles. The quantitative estimate of drug-likeness (QED) is 0.622. The van der Waals surface area contributed by atoms with Gasteiger partial charge in [0.05, 0.1) is 62.0 Å². The van der Waals surface area contributed by atoms with Gasteiger partial charge < -0.3 is 0 Å². The van der Waals surface area contributed by atoms with E-state index >= 15 is 0 Å². The van der Waals surface area contributed by atoms with E-state index < -0.39 is 11.8 Å². The number of rotatable bonds is 6. The first-order chi connectivity index (χ1) is 7.78. The summed E-state index contributed by atoms with van der Waals surface area (Å²) in [6.45, 7) is 0.323. The zero-order valence-electron chi connectivity index (χ0n) is 8.67. The number of hydrogen-bond donors (Lipinski definition) is 0. The molecule has 2 unspecified atom stereocenters. The van der Waals surface area contributed by atoms with Gasteiger partial charge in [0.2, 0.25) is 0 Å². The van der Waals surface area contributed by atoms with Crippen LogP contribution in [-0.2, 0) is 0 Å². The van der Waals surface area contributed by atoms with E-state index in [4.69, 9.17) is 21.0 Å². The van der Waals surface area contributed by atoms with Gasteiger partial charge in [0.1, 0.15) is 0 Å². The summed E-state index contributed by atoms with van der Waals surface area (Å²) in [6.07, 6.45) is 0.241. The molecule has 0 N–H and O–H groups in total. The van der Waals surface area contributed by atoms with Crippen LogP contribution in [0, 0.1) is 57.2 Å². The summed E-state index contributed by atoms with van der Waals surface area (Å²) in [7, 11) is 0. The number of hydrogen-bond acceptors (Lipinski definition) is 6. The van der Waals surface area contributed by atoms with E-state index in [1.165, 1.54) is 0 Å². The molecule has 0 bridgehead atoms. The second kappa shape index (κ2) is 9.13. The Bertz CT molecular complexity index is 347. The third kappa shape index (κ3) is 6.08. The van der Waals surface area contributed by atoms with Crippen LogP contribution in [0.5, 0.6) is 0 Å². The van der Waals surface area contributed by atoms with Gasteiger partial charge in [-0.2, -0.15) is 31.3 Å². The minimum absolute atomic E-state index is 0.120. The van der Waals surface area contributed by atoms with E-state index in [9.17, 15) is 0 Å². The maximum atomic E-state index is 8.60. The molecule has 6 heteroatoms. The molecule has 80 valence electrons. The third-order valence-electron chi connectivity index (χ3n) is 1.74. The van der Waals surface area contributed by atoms with E-state index in [2.05, 4.69) is 10.2 Å². The lowest BCUT2D eigenvalue weighted by Crippen LogP contribution is -2.02. The van der Waals surface area contributed by atoms with Gasteiger partial charge in [0.25, 0.3) is 0 Å². The van der Waals surface area contributed by atoms with Crippen molar-refractivity contribution in [1.82, 2.24) is 0 Å². The molecule has 0 saturated heterocycles. The van der Waals surface area contributed by atoms with Gasteiger partial charge in [-0.15, -0.1) is 0 Å². The predicted molar refractivity (Wildman–Crippen MR) is 53.3 cm³/mol. The van der Waals surface area contributed by atoms with Crippen LogP contribution in [0.1, 0.15) is 12.8 Å². The number of nitriles is 4. The third-order valence-corrected chi connectivity index (χ3v) is 1.74. The van der Waals surface area contributed by atoms with Crippen molar-refractivity contribution in [1.29, 1.82) is 21.0 Å². The maximum Gasteiger partial charge on any atom is 0.0806 e. The molecule has 0 radical (unpaired) electrons. The fourth-order valence-corrected chi connectivity index (χ4v) is 0.835. The largest absolute Gasteiger partial charge is 0.198 e. The van der Waals surface area contributed by atoms with E-state index in [1.54, 1.807) is 0 Å². The fraction of sp³-hybridized carbons (Fsp3) is 0.600. The molecule has 0 fully saturated rings. The van der Waals surface area contributed by atoms with E-state index in [-0.39, 0.29) is 25.9 Å². The second-order valence-electron chi connectivity index (χ2n) is 3.02. The van der Waals surface area contributed by atoms with Crippen LogP contribution in [0.25, 0.3) is 0 Å². The minimum atomic E-state index is -0.453. The van der Waals surface area contributed by atoms with Gasteiger partial charge in [0.15, 0.2) is 0 Å². The van der Waals surface area contributed by atoms with Crippen LogP contribution in [-0.4, -0.2) is 13.1 Å². The first kappa shape index (κ1) is 13.6. The highest BCUT2D eigenvalue weighted by Gasteiger charge is 2.07. The van der Waals surface area contributed by atoms with Crippen molar-refractivity contribution >= 4 is 0 Å². The molecular formula is C10H10N6. The van der Waals surface area contributed by atoms with Gasteiger partial charge in [-0.05, 0) is 0 Å². The Morgan fingerprint density at radius 3 is 1.38 bits per heavy atom. The van der Waals surface area contributed by atoms with E-state index in [0.29, 0.717) is 0 Å². The fourth-order valence-electron chi connectivity index (χ4n) is 0.835. The van der Waals surface area contributed by atoms with Crippen LogP contribution in [0.2, 0.25) is 0 Å². The molecule has 2 atom stereocenters. The van der Waals surface area contributed by atoms with Crippen molar-refractivity contribution in [3.05, 3.63) is 0 Å². The van der Waals surface area contributed by atoms with E-state index in [0.717, 1.165) is 0 Å². The summed E-state index contributed by atoms with van der Waals surface area (Å²) in [5.74, 6) is -0.907. The first-order valence-corrected chi connectivity index (χ1v) is 4.64. The van der Waals surface area contributed by atoms with Crippen LogP contribution >= 0.6 is 0 Å². The summed E-state index contributed by atoms with van der Waals surface area (Å²) in [6, 6.07) is 7.63. The maximum absolute atomic E-state index is 8.60. The zero-order valence-corrected chi connectivity index (χ0v) is 8.67. The molecule has 16 heavy (non-hydrogen) atoms. The number of azo groups is 1. The molecule has 0 aliphatic rings. The highest BCUT2D eigenvalue weighted by atomic mass is 15.1. The Hall–Kier alpha value is -2.44. The summed E-state index contributed by atoms with van der Waals surface area (Å²) < 4.78 is 0. The average Bonchev–Trinajstić information content (AvgIpc) is 2.31. The number of nitrogens with zero attached hydrogens (tertiary/aromatic N) is 6. The average molecular weight is 214 g/mol. The lowest BCUT2D eigenvalue weighted by molar-refractivity contribution is 0.625. The molecule has 0 aromatic heterocycles. The molecule has 0 aromatic rings. The molecule has 0 spiro atoms. The van der Waals surface area contributed by atoms with Crippen molar-refractivity contribution in [3.63, 3.8) is 0 Å². The summed E-state index contributed by atoms with van der Waals surface area (Å²) in [5, 5.41) is 41.4. The molecule has 0 saturated carbocycles. The van der Waals surface area contributed by atoms with Gasteiger partial charge in [0, 0.05) is 0 Å². The van der Waals surface area contributed by atoms with Crippen molar-refractivity contribution in [2.75, 3.05) is 13.1 Å². The highest BCUT2D eigenvalue weighted by Crippen LogP contribution is 2.03. The van der Waals surface area contributed by atoms with Crippen LogP contribution < -0.4 is 0 Å². The van der Waals surface area contributed by atoms with Crippen molar-refractivity contribution in [2.45, 2.75) is 12.8 Å². The van der Waals surface area contributed by atoms with Crippen LogP contribution in [0.3, 0.4) is 0 Å². The molecule has 0 amide bonds. The van der Waals surface area contributed by atoms with E-state index in [1.807, 2.05) is 24.3 Å². The minimum Gasteiger partial charge on any atom is -0.198 e. The van der Waals surface area contributed by atoms with Gasteiger partial charge >= 0.3 is 0 Å². The zero-order chi connectivity index (χ0) is 12.2. The molecule has 0 rings (SSSR count). The Balaban J connectivity index is 3.95. The van der Waals surface area contributed by atoms with Crippen molar-refractivity contribution < 1.29 is 0 Å². The summed E-state index contributed by atoms with van der Waals surface area (Å²) in [4.78, 5) is 0. The molecule has 0 heterocycles. The Kier molecular flexibility index (Phi) is 7.74. The summed E-state index contributed by atoms with van der Waals surface area (Å²) in [5.41, 5.74) is 0. The smallest absolute Gasteiger partial charge is 0.0806 e. The van der Waals surface area contributed by atoms with Crippen LogP contribution in [0.4, 0.5) is 0 Å². The van der Waals surface area contributed by atoms with Gasteiger partial charge in [-0.25, -0.2) is 0 Å². The Morgan fingerprint density at radius 2 is 1.12 bits per heavy atom. The second-order valence-corrected chi connectivity index (χ2v) is 3.02. The lowest BCUT2D eigenvalue weighted by Gasteiger charge is -1.99. The lowest BCUT2D eigenvalue weighted by atomic mass is 10.1. The van der Waals surface area contributed by atoms with Crippen molar-refractivity contribution in [2.24, 2.45) is 22.1 Å². The highest BCUT2D eigenvalue weighted by molar-refractivity contribution is 4.92. The summed E-state index contributed by atoms with van der Waals surface area (Å²) >= 11 is 0. The normalized spacial score (nSPS) is 13.0. The standard InChI is InChI=1S/C10H10N6/c11-3-1-9(5-13)7-15-16-8-10(6-14)2-4-12/h9-10H,1-2,7-8H2. The van der Waals surface area contributed by atoms with Crippen LogP contribution in [0.15, 0.2) is 10.2 Å². The SMILES string of the molecule is N#CCC(C#N)CN=NCC(C#N)CC#N. The molecule has 6 nitrogen and oxygen atoms in total. The topological polar surface area (TPSA) is 120 Å². The van der Waals surface area contributed by atoms with Crippen molar-refractivity contribution in [3.8, 4) is 24.3 Å². The van der Waals surface area contributed by atoms with Gasteiger partial charge in [-0.3, -0.25) is 0 Å². The van der Waals surface area contributed by atoms with Gasteiger partial charge in [-0.1, -0.05) is 0 Å². The molecule has 0 aliphatic heterocycles. The monoisotopic (exact) mass is 214 g/mol. The first-order valence-electron chi connectivity index (χ1n) is 4.64.